The van der Waals surface area contributed by atoms with Gasteiger partial charge in [-0.3, -0.25) is 0 Å². The van der Waals surface area contributed by atoms with E-state index in [0.717, 1.165) is 49.1 Å². The molecule has 3 nitrogen and oxygen atoms in total. The standard InChI is InChI=1S/C30H25F3N2O/c31-30(32,33)23-9-3-5-20(15-23)19-36-24-11-12-28-27(16-24)26-13-14-34-17-29(26)35(28)18-22-8-4-7-21-6-1-2-10-25(21)22/h1-12,15-16,34H,13-14,17-19H2. The van der Waals surface area contributed by atoms with E-state index in [1.807, 2.05) is 12.1 Å². The van der Waals surface area contributed by atoms with Gasteiger partial charge in [0.25, 0.3) is 0 Å². The second kappa shape index (κ2) is 9.03. The van der Waals surface area contributed by atoms with Crippen molar-refractivity contribution >= 4 is 21.7 Å². The third kappa shape index (κ3) is 4.22. The molecule has 0 fully saturated rings. The van der Waals surface area contributed by atoms with Crippen LogP contribution in [0.3, 0.4) is 0 Å². The van der Waals surface area contributed by atoms with Gasteiger partial charge in [-0.25, -0.2) is 0 Å². The van der Waals surface area contributed by atoms with Crippen LogP contribution in [0.4, 0.5) is 13.2 Å². The van der Waals surface area contributed by atoms with Crippen molar-refractivity contribution in [3.05, 3.63) is 113 Å². The second-order valence-corrected chi connectivity index (χ2v) is 9.24. The molecule has 4 aromatic carbocycles. The minimum absolute atomic E-state index is 0.0793. The summed E-state index contributed by atoms with van der Waals surface area (Å²) in [5, 5.41) is 7.12. The molecule has 182 valence electrons. The summed E-state index contributed by atoms with van der Waals surface area (Å²) >= 11 is 0. The summed E-state index contributed by atoms with van der Waals surface area (Å²) in [6.45, 7) is 2.56. The minimum atomic E-state index is -4.37. The third-order valence-corrected chi connectivity index (χ3v) is 6.97. The van der Waals surface area contributed by atoms with Crippen LogP contribution in [-0.4, -0.2) is 11.1 Å². The Morgan fingerprint density at radius 2 is 1.69 bits per heavy atom. The lowest BCUT2D eigenvalue weighted by atomic mass is 10.0. The van der Waals surface area contributed by atoms with Gasteiger partial charge in [-0.15, -0.1) is 0 Å². The highest BCUT2D eigenvalue weighted by atomic mass is 19.4. The van der Waals surface area contributed by atoms with E-state index < -0.39 is 11.7 Å². The minimum Gasteiger partial charge on any atom is -0.489 e. The summed E-state index contributed by atoms with van der Waals surface area (Å²) in [4.78, 5) is 0. The molecule has 36 heavy (non-hydrogen) atoms. The Hall–Kier alpha value is -3.77. The summed E-state index contributed by atoms with van der Waals surface area (Å²) in [6.07, 6.45) is -3.44. The molecule has 0 bridgehead atoms. The molecule has 6 heteroatoms. The summed E-state index contributed by atoms with van der Waals surface area (Å²) in [7, 11) is 0. The molecule has 0 saturated carbocycles. The summed E-state index contributed by atoms with van der Waals surface area (Å²) in [5.74, 6) is 0.656. The molecule has 6 rings (SSSR count). The van der Waals surface area contributed by atoms with Gasteiger partial charge in [0.15, 0.2) is 0 Å². The second-order valence-electron chi connectivity index (χ2n) is 9.24. The Labute approximate surface area is 207 Å². The number of fused-ring (bicyclic) bond motifs is 4. The van der Waals surface area contributed by atoms with Crippen molar-refractivity contribution in [1.82, 2.24) is 9.88 Å². The van der Waals surface area contributed by atoms with Crippen LogP contribution >= 0.6 is 0 Å². The van der Waals surface area contributed by atoms with E-state index in [4.69, 9.17) is 4.74 Å². The van der Waals surface area contributed by atoms with Crippen LogP contribution in [0.15, 0.2) is 84.9 Å². The molecule has 0 atom stereocenters. The van der Waals surface area contributed by atoms with E-state index >= 15 is 0 Å². The van der Waals surface area contributed by atoms with Crippen molar-refractivity contribution < 1.29 is 17.9 Å². The van der Waals surface area contributed by atoms with Gasteiger partial charge < -0.3 is 14.6 Å². The Balaban J connectivity index is 1.34. The number of aromatic nitrogens is 1. The van der Waals surface area contributed by atoms with E-state index in [1.165, 1.54) is 33.7 Å². The first-order valence-electron chi connectivity index (χ1n) is 12.1. The van der Waals surface area contributed by atoms with Crippen molar-refractivity contribution in [1.29, 1.82) is 0 Å². The van der Waals surface area contributed by atoms with Crippen LogP contribution in [0, 0.1) is 0 Å². The maximum Gasteiger partial charge on any atom is 0.416 e. The zero-order valence-electron chi connectivity index (χ0n) is 19.6. The Kier molecular flexibility index (Phi) is 5.69. The molecule has 1 aliphatic rings. The fourth-order valence-electron chi connectivity index (χ4n) is 5.23. The lowest BCUT2D eigenvalue weighted by molar-refractivity contribution is -0.137. The van der Waals surface area contributed by atoms with E-state index in [0.29, 0.717) is 11.3 Å². The summed E-state index contributed by atoms with van der Waals surface area (Å²) in [5.41, 5.74) is 4.83. The molecular weight excluding hydrogens is 461 g/mol. The number of ether oxygens (including phenoxy) is 1. The fraction of sp³-hybridized carbons (Fsp3) is 0.200. The highest BCUT2D eigenvalue weighted by Gasteiger charge is 2.30. The predicted octanol–water partition coefficient (Wildman–Crippen LogP) is 7.09. The quantitative estimate of drug-likeness (QED) is 0.287. The van der Waals surface area contributed by atoms with Crippen LogP contribution in [0.5, 0.6) is 5.75 Å². The van der Waals surface area contributed by atoms with E-state index in [1.54, 1.807) is 6.07 Å². The number of hydrogen-bond acceptors (Lipinski definition) is 2. The largest absolute Gasteiger partial charge is 0.489 e. The van der Waals surface area contributed by atoms with Crippen molar-refractivity contribution in [2.45, 2.75) is 32.3 Å². The van der Waals surface area contributed by atoms with Gasteiger partial charge in [-0.2, -0.15) is 13.2 Å². The first-order chi connectivity index (χ1) is 17.5. The SMILES string of the molecule is FC(F)(F)c1cccc(COc2ccc3c(c2)c2c(n3Cc3cccc4ccccc34)CNCC2)c1. The average molecular weight is 487 g/mol. The number of rotatable bonds is 5. The van der Waals surface area contributed by atoms with Crippen LogP contribution in [0.1, 0.15) is 27.9 Å². The van der Waals surface area contributed by atoms with Gasteiger partial charge in [0.1, 0.15) is 12.4 Å². The molecule has 1 aliphatic heterocycles. The first-order valence-corrected chi connectivity index (χ1v) is 12.1. The topological polar surface area (TPSA) is 26.2 Å². The fourth-order valence-corrected chi connectivity index (χ4v) is 5.23. The highest BCUT2D eigenvalue weighted by molar-refractivity contribution is 5.89. The lowest BCUT2D eigenvalue weighted by Gasteiger charge is -2.18. The smallest absolute Gasteiger partial charge is 0.416 e. The van der Waals surface area contributed by atoms with Crippen molar-refractivity contribution in [3.63, 3.8) is 0 Å². The van der Waals surface area contributed by atoms with Crippen molar-refractivity contribution in [2.75, 3.05) is 6.54 Å². The van der Waals surface area contributed by atoms with Crippen LogP contribution in [0.2, 0.25) is 0 Å². The Morgan fingerprint density at radius 1 is 0.861 bits per heavy atom. The van der Waals surface area contributed by atoms with Crippen molar-refractivity contribution in [3.8, 4) is 5.75 Å². The lowest BCUT2D eigenvalue weighted by Crippen LogP contribution is -2.25. The molecule has 5 aromatic rings. The number of benzene rings is 4. The highest BCUT2D eigenvalue weighted by Crippen LogP contribution is 2.34. The zero-order valence-corrected chi connectivity index (χ0v) is 19.6. The number of alkyl halides is 3. The number of hydrogen-bond donors (Lipinski definition) is 1. The first kappa shape index (κ1) is 22.7. The molecule has 0 radical (unpaired) electrons. The molecule has 0 aliphatic carbocycles. The molecule has 2 heterocycles. The van der Waals surface area contributed by atoms with E-state index in [9.17, 15) is 13.2 Å². The maximum atomic E-state index is 13.1. The predicted molar refractivity (Wildman–Crippen MR) is 136 cm³/mol. The van der Waals surface area contributed by atoms with E-state index in [2.05, 4.69) is 58.4 Å². The Bertz CT molecular complexity index is 1560. The molecule has 1 N–H and O–H groups in total. The molecule has 0 saturated heterocycles. The normalized spacial score (nSPS) is 13.8. The monoisotopic (exact) mass is 486 g/mol. The van der Waals surface area contributed by atoms with Crippen LogP contribution < -0.4 is 10.1 Å². The molecule has 0 unspecified atom stereocenters. The van der Waals surface area contributed by atoms with Gasteiger partial charge in [0, 0.05) is 29.7 Å². The molecular formula is C30H25F3N2O. The average Bonchev–Trinajstić information content (AvgIpc) is 3.20. The summed E-state index contributed by atoms with van der Waals surface area (Å²) in [6, 6.07) is 26.2. The number of nitrogens with zero attached hydrogens (tertiary/aromatic N) is 1. The molecule has 0 amide bonds. The van der Waals surface area contributed by atoms with Crippen LogP contribution in [-0.2, 0) is 32.3 Å². The Morgan fingerprint density at radius 3 is 2.58 bits per heavy atom. The maximum absolute atomic E-state index is 13.1. The number of halogens is 3. The van der Waals surface area contributed by atoms with Gasteiger partial charge >= 0.3 is 6.18 Å². The van der Waals surface area contributed by atoms with Crippen LogP contribution in [0.25, 0.3) is 21.7 Å². The third-order valence-electron chi connectivity index (χ3n) is 6.97. The van der Waals surface area contributed by atoms with Gasteiger partial charge in [0.2, 0.25) is 0 Å². The zero-order chi connectivity index (χ0) is 24.7. The molecule has 1 aromatic heterocycles. The van der Waals surface area contributed by atoms with Gasteiger partial charge in [-0.1, -0.05) is 54.6 Å². The summed E-state index contributed by atoms with van der Waals surface area (Å²) < 4.78 is 47.5. The van der Waals surface area contributed by atoms with E-state index in [-0.39, 0.29) is 6.61 Å². The van der Waals surface area contributed by atoms with Gasteiger partial charge in [0.05, 0.1) is 5.56 Å². The molecule has 0 spiro atoms. The van der Waals surface area contributed by atoms with Crippen molar-refractivity contribution in [2.24, 2.45) is 0 Å². The number of nitrogens with one attached hydrogen (secondary N) is 1. The van der Waals surface area contributed by atoms with Gasteiger partial charge in [-0.05, 0) is 70.8 Å².